The van der Waals surface area contributed by atoms with E-state index in [9.17, 15) is 4.79 Å². The Morgan fingerprint density at radius 2 is 1.14 bits per heavy atom. The van der Waals surface area contributed by atoms with Crippen molar-refractivity contribution in [3.05, 3.63) is 81.9 Å². The highest BCUT2D eigenvalue weighted by Crippen LogP contribution is 2.30. The number of rotatable bonds is 2. The molecule has 1 aliphatic rings. The summed E-state index contributed by atoms with van der Waals surface area (Å²) >= 11 is 0. The van der Waals surface area contributed by atoms with Crippen molar-refractivity contribution in [2.75, 3.05) is 0 Å². The Hall–Kier alpha value is -2.41. The highest BCUT2D eigenvalue weighted by atomic mass is 16.1. The van der Waals surface area contributed by atoms with Crippen molar-refractivity contribution in [2.24, 2.45) is 0 Å². The topological polar surface area (TPSA) is 17.1 Å². The lowest BCUT2D eigenvalue weighted by Crippen LogP contribution is -1.96. The number of aryl methyl sites for hydroxylation is 2. The number of hydrogen-bond acceptors (Lipinski definition) is 1. The van der Waals surface area contributed by atoms with Gasteiger partial charge in [0.15, 0.2) is 5.78 Å². The molecule has 1 nitrogen and oxygen atoms in total. The molecule has 1 heteroatoms. The molecule has 0 spiro atoms. The molecule has 0 radical (unpaired) electrons. The van der Waals surface area contributed by atoms with E-state index < -0.39 is 0 Å². The van der Waals surface area contributed by atoms with Crippen LogP contribution in [0, 0.1) is 13.8 Å². The van der Waals surface area contributed by atoms with Crippen LogP contribution in [0.3, 0.4) is 0 Å². The summed E-state index contributed by atoms with van der Waals surface area (Å²) in [5, 5.41) is 0. The van der Waals surface area contributed by atoms with Crippen LogP contribution in [-0.4, -0.2) is 5.78 Å². The Morgan fingerprint density at radius 3 is 1.55 bits per heavy atom. The van der Waals surface area contributed by atoms with Crippen molar-refractivity contribution in [3.8, 4) is 0 Å². The molecule has 110 valence electrons. The zero-order valence-corrected chi connectivity index (χ0v) is 13.1. The van der Waals surface area contributed by atoms with Crippen molar-refractivity contribution in [1.82, 2.24) is 0 Å². The van der Waals surface area contributed by atoms with Crippen LogP contribution in [0.1, 0.15) is 35.1 Å². The summed E-state index contributed by atoms with van der Waals surface area (Å²) in [4.78, 5) is 12.6. The van der Waals surface area contributed by atoms with E-state index >= 15 is 0 Å². The lowest BCUT2D eigenvalue weighted by molar-refractivity contribution is -0.111. The number of allylic oxidation sites excluding steroid dienone is 2. The first kappa shape index (κ1) is 14.5. The fraction of sp³-hybridized carbons (Fsp3) is 0.190. The highest BCUT2D eigenvalue weighted by Gasteiger charge is 2.23. The Labute approximate surface area is 132 Å². The fourth-order valence-corrected chi connectivity index (χ4v) is 2.85. The number of benzene rings is 2. The van der Waals surface area contributed by atoms with Gasteiger partial charge in [-0.2, -0.15) is 0 Å². The maximum Gasteiger partial charge on any atom is 0.185 e. The second-order valence-corrected chi connectivity index (χ2v) is 5.88. The van der Waals surface area contributed by atoms with E-state index in [2.05, 4.69) is 50.3 Å². The summed E-state index contributed by atoms with van der Waals surface area (Å²) in [7, 11) is 0. The fourth-order valence-electron chi connectivity index (χ4n) is 2.85. The molecule has 3 rings (SSSR count). The van der Waals surface area contributed by atoms with Crippen LogP contribution in [0.5, 0.6) is 0 Å². The summed E-state index contributed by atoms with van der Waals surface area (Å²) in [6, 6.07) is 16.4. The van der Waals surface area contributed by atoms with Gasteiger partial charge in [0.1, 0.15) is 0 Å². The van der Waals surface area contributed by atoms with Crippen molar-refractivity contribution in [1.29, 1.82) is 0 Å². The average molecular weight is 288 g/mol. The molecule has 0 saturated heterocycles. The summed E-state index contributed by atoms with van der Waals surface area (Å²) < 4.78 is 0. The summed E-state index contributed by atoms with van der Waals surface area (Å²) in [6.07, 6.45) is 5.78. The molecule has 0 heterocycles. The van der Waals surface area contributed by atoms with Crippen molar-refractivity contribution < 1.29 is 4.79 Å². The minimum Gasteiger partial charge on any atom is -0.289 e. The van der Waals surface area contributed by atoms with Gasteiger partial charge in [-0.3, -0.25) is 4.79 Å². The normalized spacial score (nSPS) is 18.4. The Kier molecular flexibility index (Phi) is 4.06. The summed E-state index contributed by atoms with van der Waals surface area (Å²) in [5.74, 6) is 0.200. The first-order chi connectivity index (χ1) is 10.6. The third kappa shape index (κ3) is 2.94. The first-order valence-corrected chi connectivity index (χ1v) is 7.72. The van der Waals surface area contributed by atoms with Gasteiger partial charge in [0.25, 0.3) is 0 Å². The molecule has 1 aliphatic carbocycles. The van der Waals surface area contributed by atoms with E-state index in [1.165, 1.54) is 11.1 Å². The van der Waals surface area contributed by atoms with Gasteiger partial charge < -0.3 is 0 Å². The van der Waals surface area contributed by atoms with E-state index in [4.69, 9.17) is 0 Å². The molecule has 0 aromatic heterocycles. The van der Waals surface area contributed by atoms with Crippen LogP contribution in [0.15, 0.2) is 59.7 Å². The van der Waals surface area contributed by atoms with Crippen LogP contribution >= 0.6 is 0 Å². The monoisotopic (exact) mass is 288 g/mol. The predicted molar refractivity (Wildman–Crippen MR) is 92.6 cm³/mol. The largest absolute Gasteiger partial charge is 0.289 e. The van der Waals surface area contributed by atoms with Gasteiger partial charge in [0.2, 0.25) is 0 Å². The van der Waals surface area contributed by atoms with Gasteiger partial charge in [-0.1, -0.05) is 48.5 Å². The van der Waals surface area contributed by atoms with E-state index in [1.807, 2.05) is 24.3 Å². The van der Waals surface area contributed by atoms with Crippen LogP contribution in [-0.2, 0) is 4.79 Å². The zero-order valence-electron chi connectivity index (χ0n) is 13.1. The second kappa shape index (κ2) is 6.15. The molecular weight excluding hydrogens is 268 g/mol. The standard InChI is InChI=1S/C21H20O/c1-15-7-3-5-9-17(15)13-19-11-12-20(21(19)22)14-18-10-6-4-8-16(18)2/h3-10,13-14H,11-12H2,1-2H3/b19-13+,20-14+. The maximum absolute atomic E-state index is 12.6. The summed E-state index contributed by atoms with van der Waals surface area (Å²) in [5.41, 5.74) is 6.55. The lowest BCUT2D eigenvalue weighted by atomic mass is 10.0. The van der Waals surface area contributed by atoms with Crippen molar-refractivity contribution in [3.63, 3.8) is 0 Å². The summed E-state index contributed by atoms with van der Waals surface area (Å²) in [6.45, 7) is 4.16. The van der Waals surface area contributed by atoms with Gasteiger partial charge in [-0.25, -0.2) is 0 Å². The van der Waals surface area contributed by atoms with Crippen LogP contribution in [0.25, 0.3) is 12.2 Å². The van der Waals surface area contributed by atoms with Crippen molar-refractivity contribution in [2.45, 2.75) is 26.7 Å². The molecule has 0 N–H and O–H groups in total. The van der Waals surface area contributed by atoms with Gasteiger partial charge in [-0.05, 0) is 61.1 Å². The Balaban J connectivity index is 1.90. The first-order valence-electron chi connectivity index (χ1n) is 7.72. The van der Waals surface area contributed by atoms with Crippen molar-refractivity contribution >= 4 is 17.9 Å². The molecule has 2 aromatic rings. The molecule has 22 heavy (non-hydrogen) atoms. The van der Waals surface area contributed by atoms with Gasteiger partial charge in [-0.15, -0.1) is 0 Å². The molecular formula is C21H20O. The van der Waals surface area contributed by atoms with Gasteiger partial charge >= 0.3 is 0 Å². The van der Waals surface area contributed by atoms with Gasteiger partial charge in [0, 0.05) is 11.1 Å². The van der Waals surface area contributed by atoms with Crippen LogP contribution < -0.4 is 0 Å². The van der Waals surface area contributed by atoms with E-state index in [0.717, 1.165) is 35.1 Å². The quantitative estimate of drug-likeness (QED) is 0.700. The van der Waals surface area contributed by atoms with E-state index in [-0.39, 0.29) is 5.78 Å². The van der Waals surface area contributed by atoms with Crippen LogP contribution in [0.4, 0.5) is 0 Å². The molecule has 0 bridgehead atoms. The number of Topliss-reactive ketones (excluding diaryl/α,β-unsaturated/α-hetero) is 1. The molecule has 1 saturated carbocycles. The molecule has 0 aliphatic heterocycles. The van der Waals surface area contributed by atoms with E-state index in [1.54, 1.807) is 0 Å². The third-order valence-corrected chi connectivity index (χ3v) is 4.28. The predicted octanol–water partition coefficient (Wildman–Crippen LogP) is 5.13. The molecule has 0 atom stereocenters. The van der Waals surface area contributed by atoms with Crippen LogP contribution in [0.2, 0.25) is 0 Å². The van der Waals surface area contributed by atoms with Gasteiger partial charge in [0.05, 0.1) is 0 Å². The number of carbonyl (C=O) groups excluding carboxylic acids is 1. The smallest absolute Gasteiger partial charge is 0.185 e. The number of ketones is 1. The van der Waals surface area contributed by atoms with E-state index in [0.29, 0.717) is 0 Å². The second-order valence-electron chi connectivity index (χ2n) is 5.88. The minimum absolute atomic E-state index is 0.200. The zero-order chi connectivity index (χ0) is 15.5. The molecule has 0 amide bonds. The molecule has 0 unspecified atom stereocenters. The molecule has 1 fully saturated rings. The average Bonchev–Trinajstić information content (AvgIpc) is 2.85. The Bertz CT molecular complexity index is 712. The Morgan fingerprint density at radius 1 is 0.727 bits per heavy atom. The number of hydrogen-bond donors (Lipinski definition) is 0. The molecule has 2 aromatic carbocycles. The number of carbonyl (C=O) groups is 1. The minimum atomic E-state index is 0.200. The highest BCUT2D eigenvalue weighted by molar-refractivity contribution is 6.15. The third-order valence-electron chi connectivity index (χ3n) is 4.28. The SMILES string of the molecule is Cc1ccccc1/C=C1\CC/C(=C\c2ccccc2C)C1=O. The lowest BCUT2D eigenvalue weighted by Gasteiger charge is -2.02. The maximum atomic E-state index is 12.6.